The van der Waals surface area contributed by atoms with Gasteiger partial charge in [-0.15, -0.1) is 12.4 Å². The van der Waals surface area contributed by atoms with Crippen LogP contribution in [0.5, 0.6) is 0 Å². The number of aliphatic hydroxyl groups is 1. The minimum atomic E-state index is -0.639. The summed E-state index contributed by atoms with van der Waals surface area (Å²) in [5.74, 6) is 0. The molecule has 1 aromatic rings. The number of carbonyl (C=O) groups is 2. The SMILES string of the molecule is CC.CC.CCO.Cc1ccccc1.Cl.NC(=O)S.NC(=O)S. The van der Waals surface area contributed by atoms with E-state index in [1.807, 2.05) is 45.9 Å². The predicted octanol–water partition coefficient (Wildman–Crippen LogP) is 4.46. The Morgan fingerprint density at radius 3 is 1.22 bits per heavy atom. The topological polar surface area (TPSA) is 106 Å². The number of nitrogens with two attached hydrogens (primary N) is 2. The lowest BCUT2D eigenvalue weighted by atomic mass is 10.2. The summed E-state index contributed by atoms with van der Waals surface area (Å²) in [5.41, 5.74) is 9.99. The van der Waals surface area contributed by atoms with Crippen molar-refractivity contribution < 1.29 is 14.7 Å². The first kappa shape index (κ1) is 38.0. The van der Waals surface area contributed by atoms with E-state index in [4.69, 9.17) is 14.7 Å². The molecule has 2 amide bonds. The second kappa shape index (κ2) is 42.9. The lowest BCUT2D eigenvalue weighted by Gasteiger charge is -1.82. The van der Waals surface area contributed by atoms with Gasteiger partial charge in [0.1, 0.15) is 0 Å². The number of hydrogen-bond acceptors (Lipinski definition) is 3. The van der Waals surface area contributed by atoms with Crippen molar-refractivity contribution in [3.63, 3.8) is 0 Å². The Labute approximate surface area is 158 Å². The van der Waals surface area contributed by atoms with Crippen molar-refractivity contribution in [3.05, 3.63) is 35.9 Å². The molecule has 0 radical (unpaired) electrons. The fourth-order valence-electron chi connectivity index (χ4n) is 0.534. The van der Waals surface area contributed by atoms with E-state index < -0.39 is 10.5 Å². The third kappa shape index (κ3) is 153. The van der Waals surface area contributed by atoms with Crippen molar-refractivity contribution in [2.45, 2.75) is 41.5 Å². The minimum absolute atomic E-state index is 0. The number of aryl methyl sites for hydroxylation is 1. The first-order valence-electron chi connectivity index (χ1n) is 6.87. The molecule has 5 nitrogen and oxygen atoms in total. The molecule has 0 aliphatic heterocycles. The third-order valence-electron chi connectivity index (χ3n) is 0.940. The molecule has 140 valence electrons. The van der Waals surface area contributed by atoms with Crippen LogP contribution in [0.1, 0.15) is 40.2 Å². The van der Waals surface area contributed by atoms with Gasteiger partial charge in [0, 0.05) is 6.61 Å². The number of halogens is 1. The van der Waals surface area contributed by atoms with Crippen molar-refractivity contribution in [2.75, 3.05) is 6.61 Å². The number of amides is 2. The highest BCUT2D eigenvalue weighted by Crippen LogP contribution is 1.92. The van der Waals surface area contributed by atoms with E-state index in [1.165, 1.54) is 5.56 Å². The van der Waals surface area contributed by atoms with Gasteiger partial charge in [-0.3, -0.25) is 9.59 Å². The van der Waals surface area contributed by atoms with Crippen LogP contribution in [0.25, 0.3) is 0 Å². The monoisotopic (exact) mass is 388 g/mol. The number of thiol groups is 2. The van der Waals surface area contributed by atoms with Gasteiger partial charge in [0.15, 0.2) is 0 Å². The van der Waals surface area contributed by atoms with Gasteiger partial charge >= 0.3 is 0 Å². The Balaban J connectivity index is -0.0000000403. The van der Waals surface area contributed by atoms with E-state index in [2.05, 4.69) is 55.8 Å². The highest BCUT2D eigenvalue weighted by molar-refractivity contribution is 7.96. The number of rotatable bonds is 0. The van der Waals surface area contributed by atoms with Crippen molar-refractivity contribution in [3.8, 4) is 0 Å². The van der Waals surface area contributed by atoms with Crippen LogP contribution in [0, 0.1) is 6.92 Å². The summed E-state index contributed by atoms with van der Waals surface area (Å²) >= 11 is 6.21. The van der Waals surface area contributed by atoms with Crippen LogP contribution in [0.4, 0.5) is 9.59 Å². The minimum Gasteiger partial charge on any atom is -0.397 e. The standard InChI is InChI=1S/C7H8.C2H6O.2C2H6.2CH3NOS.ClH/c1-7-5-3-2-4-6-7;1-2-3;2*1-2;2*2-1(3)4;/h2-6H,1H3;3H,2H2,1H3;2*1-2H3;2*(H3,2,3,4);1H. The molecular formula is C15H33ClN2O3S2. The van der Waals surface area contributed by atoms with Gasteiger partial charge in [-0.1, -0.05) is 88.8 Å². The summed E-state index contributed by atoms with van der Waals surface area (Å²) < 4.78 is 0. The molecule has 0 aliphatic rings. The van der Waals surface area contributed by atoms with Gasteiger partial charge in [0.25, 0.3) is 10.5 Å². The van der Waals surface area contributed by atoms with Crippen LogP contribution in [0.3, 0.4) is 0 Å². The number of carbonyl (C=O) groups excluding carboxylic acids is 2. The summed E-state index contributed by atoms with van der Waals surface area (Å²) in [7, 11) is 0. The fraction of sp³-hybridized carbons (Fsp3) is 0.467. The summed E-state index contributed by atoms with van der Waals surface area (Å²) in [6.45, 7) is 12.0. The Kier molecular flexibility index (Phi) is 70.8. The van der Waals surface area contributed by atoms with Crippen molar-refractivity contribution in [1.29, 1.82) is 0 Å². The molecule has 0 heterocycles. The van der Waals surface area contributed by atoms with Crippen molar-refractivity contribution >= 4 is 48.1 Å². The summed E-state index contributed by atoms with van der Waals surface area (Å²) in [6.07, 6.45) is 0. The van der Waals surface area contributed by atoms with Gasteiger partial charge in [0.05, 0.1) is 0 Å². The first-order valence-corrected chi connectivity index (χ1v) is 7.76. The molecular weight excluding hydrogens is 356 g/mol. The Morgan fingerprint density at radius 2 is 1.13 bits per heavy atom. The fourth-order valence-corrected chi connectivity index (χ4v) is 0.534. The van der Waals surface area contributed by atoms with E-state index in [0.717, 1.165) is 0 Å². The quantitative estimate of drug-likeness (QED) is 0.423. The first-order chi connectivity index (χ1) is 10.3. The predicted molar refractivity (Wildman–Crippen MR) is 111 cm³/mol. The van der Waals surface area contributed by atoms with Crippen molar-refractivity contribution in [2.24, 2.45) is 11.5 Å². The zero-order chi connectivity index (χ0) is 19.0. The number of primary amides is 2. The van der Waals surface area contributed by atoms with E-state index in [1.54, 1.807) is 6.92 Å². The van der Waals surface area contributed by atoms with Gasteiger partial charge in [-0.05, 0) is 13.8 Å². The van der Waals surface area contributed by atoms with E-state index >= 15 is 0 Å². The molecule has 0 bridgehead atoms. The van der Waals surface area contributed by atoms with E-state index in [0.29, 0.717) is 0 Å². The van der Waals surface area contributed by atoms with Crippen LogP contribution in [0.2, 0.25) is 0 Å². The number of aliphatic hydroxyl groups excluding tert-OH is 1. The molecule has 0 unspecified atom stereocenters. The average molecular weight is 389 g/mol. The van der Waals surface area contributed by atoms with Gasteiger partial charge in [-0.25, -0.2) is 0 Å². The largest absolute Gasteiger partial charge is 0.397 e. The molecule has 1 rings (SSSR count). The second-order valence-corrected chi connectivity index (χ2v) is 3.53. The maximum absolute atomic E-state index is 9.09. The van der Waals surface area contributed by atoms with E-state index in [9.17, 15) is 0 Å². The Hall–Kier alpha value is -0.890. The molecule has 0 saturated heterocycles. The number of hydrogen-bond donors (Lipinski definition) is 5. The highest BCUT2D eigenvalue weighted by atomic mass is 35.5. The molecule has 0 atom stereocenters. The molecule has 1 aromatic carbocycles. The molecule has 0 aromatic heterocycles. The third-order valence-corrected chi connectivity index (χ3v) is 0.940. The van der Waals surface area contributed by atoms with Crippen LogP contribution in [-0.2, 0) is 0 Å². The van der Waals surface area contributed by atoms with Gasteiger partial charge < -0.3 is 16.6 Å². The molecule has 0 aliphatic carbocycles. The molecule has 0 saturated carbocycles. The average Bonchev–Trinajstić information content (AvgIpc) is 2.44. The van der Waals surface area contributed by atoms with Crippen LogP contribution in [-0.4, -0.2) is 22.2 Å². The van der Waals surface area contributed by atoms with E-state index in [-0.39, 0.29) is 19.0 Å². The molecule has 0 fully saturated rings. The molecule has 23 heavy (non-hydrogen) atoms. The Bertz CT molecular complexity index is 297. The van der Waals surface area contributed by atoms with Crippen molar-refractivity contribution in [1.82, 2.24) is 0 Å². The lowest BCUT2D eigenvalue weighted by Crippen LogP contribution is -1.95. The summed E-state index contributed by atoms with van der Waals surface area (Å²) in [6, 6.07) is 10.3. The summed E-state index contributed by atoms with van der Waals surface area (Å²) in [4.78, 5) is 18.2. The smallest absolute Gasteiger partial charge is 0.273 e. The molecule has 5 N–H and O–H groups in total. The van der Waals surface area contributed by atoms with Crippen LogP contribution in [0.15, 0.2) is 30.3 Å². The lowest BCUT2D eigenvalue weighted by molar-refractivity contribution is 0.266. The molecule has 8 heteroatoms. The molecule has 0 spiro atoms. The second-order valence-electron chi connectivity index (χ2n) is 2.65. The highest BCUT2D eigenvalue weighted by Gasteiger charge is 1.72. The summed E-state index contributed by atoms with van der Waals surface area (Å²) in [5, 5.41) is 6.29. The maximum atomic E-state index is 9.09. The normalized spacial score (nSPS) is 6.13. The van der Waals surface area contributed by atoms with Gasteiger partial charge in [0.2, 0.25) is 0 Å². The van der Waals surface area contributed by atoms with Crippen LogP contribution < -0.4 is 11.5 Å². The van der Waals surface area contributed by atoms with Crippen LogP contribution >= 0.6 is 37.7 Å². The number of benzene rings is 1. The Morgan fingerprint density at radius 1 is 0.957 bits per heavy atom. The zero-order valence-corrected chi connectivity index (χ0v) is 17.4. The zero-order valence-electron chi connectivity index (χ0n) is 14.8. The maximum Gasteiger partial charge on any atom is 0.273 e. The van der Waals surface area contributed by atoms with Gasteiger partial charge in [-0.2, -0.15) is 0 Å².